The Morgan fingerprint density at radius 2 is 2.26 bits per heavy atom. The predicted molar refractivity (Wildman–Crippen MR) is 86.0 cm³/mol. The van der Waals surface area contributed by atoms with Crippen molar-refractivity contribution in [2.45, 2.75) is 50.0 Å². The summed E-state index contributed by atoms with van der Waals surface area (Å²) < 4.78 is 0. The molecule has 2 atom stereocenters. The van der Waals surface area contributed by atoms with Crippen LogP contribution in [-0.4, -0.2) is 18.3 Å². The standard InChI is InChI=1S/C17H25NS/c1-4-11-18-16(10-9-13(2)3)15-12-19-17-8-6-5-7-14(15)17/h5-8,15-16,18H,2,4,9-12H2,1,3H3. The van der Waals surface area contributed by atoms with Crippen LogP contribution in [0.4, 0.5) is 0 Å². The summed E-state index contributed by atoms with van der Waals surface area (Å²) >= 11 is 2.01. The summed E-state index contributed by atoms with van der Waals surface area (Å²) in [5.41, 5.74) is 2.84. The molecule has 1 aliphatic heterocycles. The van der Waals surface area contributed by atoms with Gasteiger partial charge in [-0.2, -0.15) is 0 Å². The molecule has 0 radical (unpaired) electrons. The van der Waals surface area contributed by atoms with Crippen molar-refractivity contribution < 1.29 is 0 Å². The Morgan fingerprint density at radius 3 is 3.00 bits per heavy atom. The second kappa shape index (κ2) is 7.16. The molecular weight excluding hydrogens is 250 g/mol. The average Bonchev–Trinajstić information content (AvgIpc) is 2.83. The molecule has 1 aromatic rings. The summed E-state index contributed by atoms with van der Waals surface area (Å²) in [4.78, 5) is 1.48. The van der Waals surface area contributed by atoms with Crippen LogP contribution in [0.25, 0.3) is 0 Å². The van der Waals surface area contributed by atoms with Crippen LogP contribution >= 0.6 is 11.8 Å². The molecule has 1 N–H and O–H groups in total. The molecule has 0 amide bonds. The lowest BCUT2D eigenvalue weighted by atomic mass is 9.89. The first-order chi connectivity index (χ1) is 9.22. The molecule has 1 heterocycles. The second-order valence-corrected chi connectivity index (χ2v) is 6.57. The fourth-order valence-corrected chi connectivity index (χ4v) is 4.03. The Hall–Kier alpha value is -0.730. The van der Waals surface area contributed by atoms with Gasteiger partial charge in [0.25, 0.3) is 0 Å². The van der Waals surface area contributed by atoms with E-state index >= 15 is 0 Å². The number of hydrogen-bond acceptors (Lipinski definition) is 2. The Kier molecular flexibility index (Phi) is 5.53. The molecule has 2 heteroatoms. The highest BCUT2D eigenvalue weighted by Gasteiger charge is 2.29. The first-order valence-corrected chi connectivity index (χ1v) is 8.30. The smallest absolute Gasteiger partial charge is 0.0147 e. The van der Waals surface area contributed by atoms with Crippen LogP contribution in [-0.2, 0) is 0 Å². The van der Waals surface area contributed by atoms with Crippen molar-refractivity contribution in [3.63, 3.8) is 0 Å². The van der Waals surface area contributed by atoms with Crippen LogP contribution in [0.15, 0.2) is 41.3 Å². The zero-order valence-electron chi connectivity index (χ0n) is 12.1. The number of allylic oxidation sites excluding steroid dienone is 1. The van der Waals surface area contributed by atoms with Crippen LogP contribution in [0.5, 0.6) is 0 Å². The fraction of sp³-hybridized carbons (Fsp3) is 0.529. The van der Waals surface area contributed by atoms with Gasteiger partial charge in [-0.3, -0.25) is 0 Å². The van der Waals surface area contributed by atoms with E-state index in [4.69, 9.17) is 0 Å². The molecule has 1 nitrogen and oxygen atoms in total. The van der Waals surface area contributed by atoms with E-state index in [0.29, 0.717) is 12.0 Å². The third kappa shape index (κ3) is 3.87. The van der Waals surface area contributed by atoms with E-state index in [1.165, 1.54) is 29.1 Å². The molecule has 0 aliphatic carbocycles. The number of benzene rings is 1. The normalized spacial score (nSPS) is 19.2. The van der Waals surface area contributed by atoms with Crippen molar-refractivity contribution in [2.24, 2.45) is 0 Å². The Labute approximate surface area is 121 Å². The topological polar surface area (TPSA) is 12.0 Å². The second-order valence-electron chi connectivity index (χ2n) is 5.51. The van der Waals surface area contributed by atoms with Crippen molar-refractivity contribution in [1.29, 1.82) is 0 Å². The molecule has 2 rings (SSSR count). The van der Waals surface area contributed by atoms with Crippen molar-refractivity contribution in [1.82, 2.24) is 5.32 Å². The summed E-state index contributed by atoms with van der Waals surface area (Å²) in [6.07, 6.45) is 3.53. The SMILES string of the molecule is C=C(C)CCC(NCCC)C1CSc2ccccc21. The van der Waals surface area contributed by atoms with Gasteiger partial charge in [-0.25, -0.2) is 0 Å². The van der Waals surface area contributed by atoms with Crippen molar-refractivity contribution in [3.8, 4) is 0 Å². The molecule has 0 spiro atoms. The monoisotopic (exact) mass is 275 g/mol. The molecule has 0 saturated heterocycles. The minimum atomic E-state index is 0.591. The first kappa shape index (κ1) is 14.7. The van der Waals surface area contributed by atoms with Gasteiger partial charge in [0.1, 0.15) is 0 Å². The number of nitrogens with one attached hydrogen (secondary N) is 1. The van der Waals surface area contributed by atoms with Gasteiger partial charge in [0.2, 0.25) is 0 Å². The van der Waals surface area contributed by atoms with Gasteiger partial charge in [-0.1, -0.05) is 30.7 Å². The van der Waals surface area contributed by atoms with Crippen molar-refractivity contribution in [2.75, 3.05) is 12.3 Å². The van der Waals surface area contributed by atoms with Crippen LogP contribution in [0.2, 0.25) is 0 Å². The maximum Gasteiger partial charge on any atom is 0.0147 e. The largest absolute Gasteiger partial charge is 0.313 e. The van der Waals surface area contributed by atoms with E-state index < -0.39 is 0 Å². The van der Waals surface area contributed by atoms with E-state index in [9.17, 15) is 0 Å². The summed E-state index contributed by atoms with van der Waals surface area (Å²) in [6.45, 7) is 9.53. The third-order valence-electron chi connectivity index (χ3n) is 3.76. The molecule has 1 aromatic carbocycles. The van der Waals surface area contributed by atoms with Crippen molar-refractivity contribution >= 4 is 11.8 Å². The van der Waals surface area contributed by atoms with Gasteiger partial charge < -0.3 is 5.32 Å². The number of hydrogen-bond donors (Lipinski definition) is 1. The van der Waals surface area contributed by atoms with E-state index in [0.717, 1.165) is 13.0 Å². The summed E-state index contributed by atoms with van der Waals surface area (Å²) in [7, 11) is 0. The van der Waals surface area contributed by atoms with Crippen LogP contribution in [0.3, 0.4) is 0 Å². The highest BCUT2D eigenvalue weighted by molar-refractivity contribution is 7.99. The lowest BCUT2D eigenvalue weighted by molar-refractivity contribution is 0.428. The molecule has 104 valence electrons. The quantitative estimate of drug-likeness (QED) is 0.730. The highest BCUT2D eigenvalue weighted by atomic mass is 32.2. The van der Waals surface area contributed by atoms with Gasteiger partial charge in [0.05, 0.1) is 0 Å². The summed E-state index contributed by atoms with van der Waals surface area (Å²) in [5.74, 6) is 1.88. The van der Waals surface area contributed by atoms with Gasteiger partial charge in [-0.15, -0.1) is 18.3 Å². The van der Waals surface area contributed by atoms with Gasteiger partial charge in [-0.05, 0) is 44.4 Å². The molecule has 0 aromatic heterocycles. The predicted octanol–water partition coefficient (Wildman–Crippen LogP) is 4.60. The minimum absolute atomic E-state index is 0.591. The maximum absolute atomic E-state index is 4.05. The molecule has 19 heavy (non-hydrogen) atoms. The average molecular weight is 275 g/mol. The van der Waals surface area contributed by atoms with Crippen LogP contribution in [0.1, 0.15) is 44.6 Å². The summed E-state index contributed by atoms with van der Waals surface area (Å²) in [5, 5.41) is 3.75. The van der Waals surface area contributed by atoms with Crippen LogP contribution < -0.4 is 5.32 Å². The number of rotatable bonds is 7. The Bertz CT molecular complexity index is 427. The highest BCUT2D eigenvalue weighted by Crippen LogP contribution is 2.42. The molecular formula is C17H25NS. The minimum Gasteiger partial charge on any atom is -0.313 e. The Balaban J connectivity index is 2.07. The van der Waals surface area contributed by atoms with E-state index in [1.807, 2.05) is 11.8 Å². The van der Waals surface area contributed by atoms with Gasteiger partial charge in [0.15, 0.2) is 0 Å². The van der Waals surface area contributed by atoms with Gasteiger partial charge in [0, 0.05) is 22.6 Å². The van der Waals surface area contributed by atoms with E-state index in [-0.39, 0.29) is 0 Å². The zero-order valence-corrected chi connectivity index (χ0v) is 12.9. The molecule has 0 fully saturated rings. The Morgan fingerprint density at radius 1 is 1.47 bits per heavy atom. The first-order valence-electron chi connectivity index (χ1n) is 7.32. The molecule has 0 saturated carbocycles. The molecule has 2 unspecified atom stereocenters. The number of thioether (sulfide) groups is 1. The zero-order chi connectivity index (χ0) is 13.7. The van der Waals surface area contributed by atoms with Crippen LogP contribution in [0, 0.1) is 0 Å². The lowest BCUT2D eigenvalue weighted by Crippen LogP contribution is -2.35. The number of fused-ring (bicyclic) bond motifs is 1. The fourth-order valence-electron chi connectivity index (χ4n) is 2.70. The summed E-state index contributed by atoms with van der Waals surface area (Å²) in [6, 6.07) is 9.48. The third-order valence-corrected chi connectivity index (χ3v) is 4.97. The molecule has 0 bridgehead atoms. The lowest BCUT2D eigenvalue weighted by Gasteiger charge is -2.25. The van der Waals surface area contributed by atoms with E-state index in [1.54, 1.807) is 5.56 Å². The maximum atomic E-state index is 4.05. The van der Waals surface area contributed by atoms with Gasteiger partial charge >= 0.3 is 0 Å². The van der Waals surface area contributed by atoms with Crippen molar-refractivity contribution in [3.05, 3.63) is 42.0 Å². The molecule has 1 aliphatic rings. The van der Waals surface area contributed by atoms with E-state index in [2.05, 4.69) is 50.0 Å².